The Balaban J connectivity index is 1.89. The van der Waals surface area contributed by atoms with Crippen LogP contribution in [0.1, 0.15) is 66.9 Å². The van der Waals surface area contributed by atoms with Crippen LogP contribution in [0.2, 0.25) is 0 Å². The molecule has 2 fully saturated rings. The Kier molecular flexibility index (Phi) is 2.79. The quantitative estimate of drug-likeness (QED) is 0.869. The normalized spacial score (nSPS) is 33.9. The monoisotopic (exact) mass is 250 g/mol. The molecule has 1 heterocycles. The van der Waals surface area contributed by atoms with Crippen LogP contribution in [-0.2, 0) is 5.54 Å². The first-order valence-electron chi connectivity index (χ1n) is 6.85. The van der Waals surface area contributed by atoms with Gasteiger partial charge in [0.1, 0.15) is 5.01 Å². The van der Waals surface area contributed by atoms with Crippen molar-refractivity contribution in [2.45, 2.75) is 63.8 Å². The van der Waals surface area contributed by atoms with Crippen molar-refractivity contribution in [1.82, 2.24) is 4.98 Å². The second-order valence-electron chi connectivity index (χ2n) is 6.09. The van der Waals surface area contributed by atoms with Crippen molar-refractivity contribution in [1.29, 1.82) is 0 Å². The van der Waals surface area contributed by atoms with Crippen LogP contribution in [-0.4, -0.2) is 4.98 Å². The summed E-state index contributed by atoms with van der Waals surface area (Å²) >= 11 is 1.85. The zero-order valence-corrected chi connectivity index (χ0v) is 11.6. The Morgan fingerprint density at radius 3 is 2.76 bits per heavy atom. The molecule has 0 spiro atoms. The lowest BCUT2D eigenvalue weighted by molar-refractivity contribution is 0.238. The Hall–Kier alpha value is -0.410. The van der Waals surface area contributed by atoms with E-state index in [0.717, 1.165) is 24.7 Å². The van der Waals surface area contributed by atoms with Crippen LogP contribution in [0.3, 0.4) is 0 Å². The molecule has 17 heavy (non-hydrogen) atoms. The fourth-order valence-electron chi connectivity index (χ4n) is 3.14. The molecule has 2 atom stereocenters. The average molecular weight is 250 g/mol. The van der Waals surface area contributed by atoms with Gasteiger partial charge in [-0.15, -0.1) is 11.3 Å². The maximum absolute atomic E-state index is 6.62. The highest BCUT2D eigenvalue weighted by molar-refractivity contribution is 7.11. The molecule has 0 aliphatic heterocycles. The van der Waals surface area contributed by atoms with Crippen LogP contribution in [0.4, 0.5) is 0 Å². The van der Waals surface area contributed by atoms with Crippen LogP contribution in [0.5, 0.6) is 0 Å². The molecule has 3 rings (SSSR count). The molecular weight excluding hydrogens is 228 g/mol. The van der Waals surface area contributed by atoms with Crippen LogP contribution in [0.15, 0.2) is 0 Å². The topological polar surface area (TPSA) is 38.9 Å². The zero-order chi connectivity index (χ0) is 12.0. The second-order valence-corrected chi connectivity index (χ2v) is 7.30. The summed E-state index contributed by atoms with van der Waals surface area (Å²) in [5, 5.41) is 1.21. The third kappa shape index (κ3) is 2.15. The number of thiazole rings is 1. The summed E-state index contributed by atoms with van der Waals surface area (Å²) in [6.07, 6.45) is 7.49. The fourth-order valence-corrected chi connectivity index (χ4v) is 4.28. The maximum atomic E-state index is 6.62. The van der Waals surface area contributed by atoms with Crippen molar-refractivity contribution in [3.63, 3.8) is 0 Å². The van der Waals surface area contributed by atoms with Gasteiger partial charge < -0.3 is 5.73 Å². The number of nitrogens with zero attached hydrogens (tertiary/aromatic N) is 1. The summed E-state index contributed by atoms with van der Waals surface area (Å²) in [5.41, 5.74) is 7.85. The molecule has 2 unspecified atom stereocenters. The summed E-state index contributed by atoms with van der Waals surface area (Å²) in [4.78, 5) is 6.30. The van der Waals surface area contributed by atoms with Gasteiger partial charge in [-0.2, -0.15) is 0 Å². The van der Waals surface area contributed by atoms with Crippen LogP contribution >= 0.6 is 11.3 Å². The van der Waals surface area contributed by atoms with Crippen molar-refractivity contribution in [2.24, 2.45) is 11.7 Å². The van der Waals surface area contributed by atoms with Gasteiger partial charge in [-0.05, 0) is 38.5 Å². The first-order valence-corrected chi connectivity index (χ1v) is 7.67. The highest BCUT2D eigenvalue weighted by Crippen LogP contribution is 2.45. The van der Waals surface area contributed by atoms with Gasteiger partial charge in [0.25, 0.3) is 0 Å². The first-order chi connectivity index (χ1) is 8.08. The molecular formula is C14H22N2S. The minimum atomic E-state index is -0.125. The van der Waals surface area contributed by atoms with Gasteiger partial charge in [-0.25, -0.2) is 4.98 Å². The van der Waals surface area contributed by atoms with E-state index in [0.29, 0.717) is 0 Å². The number of aromatic nitrogens is 1. The molecule has 0 saturated heterocycles. The maximum Gasteiger partial charge on any atom is 0.113 e. The predicted molar refractivity (Wildman–Crippen MR) is 72.3 cm³/mol. The van der Waals surface area contributed by atoms with Crippen molar-refractivity contribution in [2.75, 3.05) is 0 Å². The van der Waals surface area contributed by atoms with Crippen molar-refractivity contribution in [3.8, 4) is 0 Å². The molecule has 2 saturated carbocycles. The summed E-state index contributed by atoms with van der Waals surface area (Å²) in [5.74, 6) is 1.51. The molecule has 94 valence electrons. The van der Waals surface area contributed by atoms with E-state index in [1.807, 2.05) is 11.3 Å². The molecule has 2 aliphatic carbocycles. The predicted octanol–water partition coefficient (Wildman–Crippen LogP) is 3.69. The van der Waals surface area contributed by atoms with Crippen molar-refractivity contribution >= 4 is 11.3 Å². The van der Waals surface area contributed by atoms with Crippen LogP contribution in [0, 0.1) is 12.8 Å². The Bertz CT molecular complexity index is 422. The molecule has 0 radical (unpaired) electrons. The van der Waals surface area contributed by atoms with Gasteiger partial charge in [-0.1, -0.05) is 19.8 Å². The van der Waals surface area contributed by atoms with E-state index >= 15 is 0 Å². The molecule has 0 amide bonds. The van der Waals surface area contributed by atoms with E-state index in [2.05, 4.69) is 13.8 Å². The number of aryl methyl sites for hydroxylation is 1. The van der Waals surface area contributed by atoms with Gasteiger partial charge in [0.15, 0.2) is 0 Å². The van der Waals surface area contributed by atoms with Crippen molar-refractivity contribution < 1.29 is 0 Å². The number of rotatable bonds is 2. The Labute approximate surface area is 108 Å². The van der Waals surface area contributed by atoms with Crippen LogP contribution < -0.4 is 5.73 Å². The molecule has 3 heteroatoms. The molecule has 2 aliphatic rings. The smallest absolute Gasteiger partial charge is 0.113 e. The third-order valence-corrected chi connectivity index (χ3v) is 5.46. The molecule has 2 nitrogen and oxygen atoms in total. The van der Waals surface area contributed by atoms with E-state index in [4.69, 9.17) is 10.7 Å². The minimum Gasteiger partial charge on any atom is -0.319 e. The molecule has 0 aromatic carbocycles. The SMILES string of the molecule is Cc1sc(C2(N)CCCC(C)C2)nc1C1CC1. The number of nitrogens with two attached hydrogens (primary N) is 1. The summed E-state index contributed by atoms with van der Waals surface area (Å²) in [7, 11) is 0. The summed E-state index contributed by atoms with van der Waals surface area (Å²) in [6, 6.07) is 0. The average Bonchev–Trinajstić information content (AvgIpc) is 3.02. The largest absolute Gasteiger partial charge is 0.319 e. The molecule has 0 bridgehead atoms. The third-order valence-electron chi connectivity index (χ3n) is 4.25. The van der Waals surface area contributed by atoms with Gasteiger partial charge in [0, 0.05) is 10.8 Å². The summed E-state index contributed by atoms with van der Waals surface area (Å²) < 4.78 is 0. The summed E-state index contributed by atoms with van der Waals surface area (Å²) in [6.45, 7) is 4.54. The molecule has 1 aromatic heterocycles. The highest BCUT2D eigenvalue weighted by atomic mass is 32.1. The molecule has 2 N–H and O–H groups in total. The minimum absolute atomic E-state index is 0.125. The van der Waals surface area contributed by atoms with E-state index < -0.39 is 0 Å². The van der Waals surface area contributed by atoms with Gasteiger partial charge >= 0.3 is 0 Å². The number of hydrogen-bond acceptors (Lipinski definition) is 3. The van der Waals surface area contributed by atoms with E-state index in [1.54, 1.807) is 0 Å². The lowest BCUT2D eigenvalue weighted by Crippen LogP contribution is -2.40. The van der Waals surface area contributed by atoms with Gasteiger partial charge in [0.2, 0.25) is 0 Å². The number of hydrogen-bond donors (Lipinski definition) is 1. The second kappa shape index (κ2) is 4.06. The Morgan fingerprint density at radius 1 is 1.35 bits per heavy atom. The zero-order valence-electron chi connectivity index (χ0n) is 10.8. The van der Waals surface area contributed by atoms with E-state index in [-0.39, 0.29) is 5.54 Å². The van der Waals surface area contributed by atoms with Gasteiger partial charge in [-0.3, -0.25) is 0 Å². The fraction of sp³-hybridized carbons (Fsp3) is 0.786. The van der Waals surface area contributed by atoms with E-state index in [9.17, 15) is 0 Å². The van der Waals surface area contributed by atoms with Crippen molar-refractivity contribution in [3.05, 3.63) is 15.6 Å². The lowest BCUT2D eigenvalue weighted by Gasteiger charge is -2.35. The van der Waals surface area contributed by atoms with E-state index in [1.165, 1.54) is 41.3 Å². The van der Waals surface area contributed by atoms with Crippen LogP contribution in [0.25, 0.3) is 0 Å². The lowest BCUT2D eigenvalue weighted by atomic mass is 9.77. The standard InChI is InChI=1S/C14H22N2S/c1-9-4-3-7-14(15,8-9)13-16-12(10(2)17-13)11-5-6-11/h9,11H,3-8,15H2,1-2H3. The highest BCUT2D eigenvalue weighted by Gasteiger charge is 2.37. The molecule has 1 aromatic rings. The van der Waals surface area contributed by atoms with Gasteiger partial charge in [0.05, 0.1) is 11.2 Å². The first kappa shape index (κ1) is 11.7. The Morgan fingerprint density at radius 2 is 2.12 bits per heavy atom.